The smallest absolute Gasteiger partial charge is 0.248 e. The van der Waals surface area contributed by atoms with Gasteiger partial charge in [-0.15, -0.1) is 0 Å². The topological polar surface area (TPSA) is 66.0 Å². The normalized spacial score (nSPS) is 18.2. The second kappa shape index (κ2) is 9.92. The highest BCUT2D eigenvalue weighted by atomic mass is 16.5. The van der Waals surface area contributed by atoms with E-state index in [1.807, 2.05) is 30.0 Å². The molecule has 6 heteroatoms. The Balaban J connectivity index is 1.59. The fourth-order valence-corrected chi connectivity index (χ4v) is 4.15. The van der Waals surface area contributed by atoms with Crippen molar-refractivity contribution in [3.05, 3.63) is 29.8 Å². The molecule has 0 unspecified atom stereocenters. The first-order valence-corrected chi connectivity index (χ1v) is 10.6. The molecule has 1 aliphatic heterocycles. The van der Waals surface area contributed by atoms with E-state index >= 15 is 0 Å². The number of aliphatic imine (C=N–C) groups is 1. The largest absolute Gasteiger partial charge is 0.385 e. The van der Waals surface area contributed by atoms with Crippen LogP contribution in [0.2, 0.25) is 0 Å². The van der Waals surface area contributed by atoms with Crippen LogP contribution in [0.3, 0.4) is 0 Å². The van der Waals surface area contributed by atoms with Gasteiger partial charge in [0.1, 0.15) is 6.54 Å². The zero-order valence-electron chi connectivity index (χ0n) is 17.3. The number of ether oxygens (including phenoxy) is 1. The van der Waals surface area contributed by atoms with Crippen molar-refractivity contribution in [1.82, 2.24) is 10.6 Å². The molecule has 1 aliphatic carbocycles. The van der Waals surface area contributed by atoms with Gasteiger partial charge in [0.2, 0.25) is 5.91 Å². The van der Waals surface area contributed by atoms with Crippen LogP contribution >= 0.6 is 0 Å². The van der Waals surface area contributed by atoms with Gasteiger partial charge in [0.05, 0.1) is 0 Å². The van der Waals surface area contributed by atoms with Crippen LogP contribution < -0.4 is 15.5 Å². The summed E-state index contributed by atoms with van der Waals surface area (Å²) in [6.45, 7) is 5.43. The zero-order chi connectivity index (χ0) is 19.8. The van der Waals surface area contributed by atoms with Gasteiger partial charge in [-0.25, -0.2) is 4.99 Å². The number of fused-ring (bicyclic) bond motifs is 1. The summed E-state index contributed by atoms with van der Waals surface area (Å²) in [4.78, 5) is 19.3. The van der Waals surface area contributed by atoms with E-state index in [9.17, 15) is 4.79 Å². The molecule has 154 valence electrons. The van der Waals surface area contributed by atoms with Crippen molar-refractivity contribution in [3.8, 4) is 0 Å². The summed E-state index contributed by atoms with van der Waals surface area (Å²) in [6.07, 6.45) is 6.85. The maximum atomic E-state index is 12.8. The fraction of sp³-hybridized carbons (Fsp3) is 0.636. The molecule has 0 saturated heterocycles. The number of hydrogen-bond donors (Lipinski definition) is 2. The molecule has 1 aromatic carbocycles. The van der Waals surface area contributed by atoms with E-state index in [1.54, 1.807) is 7.11 Å². The van der Waals surface area contributed by atoms with Crippen molar-refractivity contribution in [3.63, 3.8) is 0 Å². The van der Waals surface area contributed by atoms with E-state index in [2.05, 4.69) is 21.7 Å². The van der Waals surface area contributed by atoms with Gasteiger partial charge < -0.3 is 20.3 Å². The number of methoxy groups -OCH3 is 1. The van der Waals surface area contributed by atoms with Crippen LogP contribution in [0.5, 0.6) is 0 Å². The predicted octanol–water partition coefficient (Wildman–Crippen LogP) is 2.73. The van der Waals surface area contributed by atoms with Gasteiger partial charge in [0, 0.05) is 39.0 Å². The lowest BCUT2D eigenvalue weighted by Gasteiger charge is -2.42. The molecule has 1 amide bonds. The molecule has 6 nitrogen and oxygen atoms in total. The number of rotatable bonds is 8. The maximum absolute atomic E-state index is 12.8. The van der Waals surface area contributed by atoms with Gasteiger partial charge in [-0.1, -0.05) is 24.6 Å². The lowest BCUT2D eigenvalue weighted by Crippen LogP contribution is -2.47. The Morgan fingerprint density at radius 2 is 2.07 bits per heavy atom. The molecular formula is C22H34N4O2. The summed E-state index contributed by atoms with van der Waals surface area (Å²) in [5.41, 5.74) is 2.60. The number of para-hydroxylation sites is 1. The quantitative estimate of drug-likeness (QED) is 0.533. The van der Waals surface area contributed by atoms with E-state index in [-0.39, 0.29) is 12.5 Å². The first-order chi connectivity index (χ1) is 13.7. The summed E-state index contributed by atoms with van der Waals surface area (Å²) in [7, 11) is 1.76. The number of amides is 1. The summed E-state index contributed by atoms with van der Waals surface area (Å²) < 4.78 is 5.28. The first-order valence-electron chi connectivity index (χ1n) is 10.6. The number of benzene rings is 1. The molecular weight excluding hydrogens is 352 g/mol. The number of aryl methyl sites for hydroxylation is 1. The number of hydrogen-bond acceptors (Lipinski definition) is 3. The van der Waals surface area contributed by atoms with Crippen LogP contribution in [0, 0.1) is 5.41 Å². The molecule has 0 bridgehead atoms. The minimum absolute atomic E-state index is 0.0575. The number of nitrogens with zero attached hydrogens (tertiary/aromatic N) is 2. The van der Waals surface area contributed by atoms with E-state index < -0.39 is 0 Å². The lowest BCUT2D eigenvalue weighted by molar-refractivity contribution is -0.117. The Kier molecular flexibility index (Phi) is 7.31. The molecule has 0 spiro atoms. The number of guanidine groups is 1. The van der Waals surface area contributed by atoms with E-state index in [0.717, 1.165) is 57.2 Å². The highest BCUT2D eigenvalue weighted by molar-refractivity contribution is 5.97. The molecule has 28 heavy (non-hydrogen) atoms. The van der Waals surface area contributed by atoms with Gasteiger partial charge in [-0.05, 0) is 56.1 Å². The van der Waals surface area contributed by atoms with Crippen molar-refractivity contribution in [1.29, 1.82) is 0 Å². The van der Waals surface area contributed by atoms with Crippen LogP contribution in [0.15, 0.2) is 29.3 Å². The SMILES string of the molecule is CCNC(=NCC(=O)N1CCCc2ccccc21)NCC1(CCOC)CCC1. The van der Waals surface area contributed by atoms with Crippen LogP contribution in [0.4, 0.5) is 5.69 Å². The summed E-state index contributed by atoms with van der Waals surface area (Å²) in [5, 5.41) is 6.74. The predicted molar refractivity (Wildman–Crippen MR) is 114 cm³/mol. The third kappa shape index (κ3) is 5.04. The molecule has 1 fully saturated rings. The maximum Gasteiger partial charge on any atom is 0.248 e. The molecule has 2 N–H and O–H groups in total. The van der Waals surface area contributed by atoms with Crippen molar-refractivity contribution < 1.29 is 9.53 Å². The standard InChI is InChI=1S/C22H34N4O2/c1-3-23-21(25-17-22(11-7-12-22)13-15-28-2)24-16-20(27)26-14-6-9-18-8-4-5-10-19(18)26/h4-5,8,10H,3,6-7,9,11-17H2,1-2H3,(H2,23,24,25). The Bertz CT molecular complexity index is 685. The second-order valence-electron chi connectivity index (χ2n) is 7.92. The first kappa shape index (κ1) is 20.6. The van der Waals surface area contributed by atoms with Crippen LogP contribution in [-0.2, 0) is 16.0 Å². The van der Waals surface area contributed by atoms with Crippen LogP contribution in [-0.4, -0.2) is 51.8 Å². The monoisotopic (exact) mass is 386 g/mol. The number of carbonyl (C=O) groups is 1. The number of nitrogens with one attached hydrogen (secondary N) is 2. The third-order valence-electron chi connectivity index (χ3n) is 6.01. The highest BCUT2D eigenvalue weighted by Gasteiger charge is 2.36. The van der Waals surface area contributed by atoms with Crippen molar-refractivity contribution in [2.75, 3.05) is 44.8 Å². The van der Waals surface area contributed by atoms with Gasteiger partial charge in [-0.3, -0.25) is 4.79 Å². The van der Waals surface area contributed by atoms with Gasteiger partial charge in [-0.2, -0.15) is 0 Å². The average Bonchev–Trinajstić information content (AvgIpc) is 2.70. The van der Waals surface area contributed by atoms with Gasteiger partial charge in [0.25, 0.3) is 0 Å². The van der Waals surface area contributed by atoms with Crippen molar-refractivity contribution in [2.45, 2.75) is 45.4 Å². The Labute approximate surface area is 168 Å². The fourth-order valence-electron chi connectivity index (χ4n) is 4.15. The number of anilines is 1. The zero-order valence-corrected chi connectivity index (χ0v) is 17.3. The van der Waals surface area contributed by atoms with E-state index in [0.29, 0.717) is 5.41 Å². The lowest BCUT2D eigenvalue weighted by atomic mass is 9.67. The molecule has 0 radical (unpaired) electrons. The second-order valence-corrected chi connectivity index (χ2v) is 7.92. The summed E-state index contributed by atoms with van der Waals surface area (Å²) >= 11 is 0. The Morgan fingerprint density at radius 3 is 2.79 bits per heavy atom. The molecule has 1 aromatic rings. The number of carbonyl (C=O) groups excluding carboxylic acids is 1. The molecule has 3 rings (SSSR count). The summed E-state index contributed by atoms with van der Waals surface area (Å²) in [6, 6.07) is 8.19. The highest BCUT2D eigenvalue weighted by Crippen LogP contribution is 2.43. The molecule has 1 heterocycles. The summed E-state index contributed by atoms with van der Waals surface area (Å²) in [5.74, 6) is 0.784. The van der Waals surface area contributed by atoms with Crippen molar-refractivity contribution >= 4 is 17.6 Å². The molecule has 0 atom stereocenters. The van der Waals surface area contributed by atoms with Gasteiger partial charge >= 0.3 is 0 Å². The Hall–Kier alpha value is -2.08. The van der Waals surface area contributed by atoms with E-state index in [1.165, 1.54) is 24.8 Å². The minimum atomic E-state index is 0.0575. The Morgan fingerprint density at radius 1 is 1.25 bits per heavy atom. The molecule has 1 saturated carbocycles. The molecule has 2 aliphatic rings. The van der Waals surface area contributed by atoms with Crippen LogP contribution in [0.25, 0.3) is 0 Å². The van der Waals surface area contributed by atoms with E-state index in [4.69, 9.17) is 4.74 Å². The third-order valence-corrected chi connectivity index (χ3v) is 6.01. The average molecular weight is 387 g/mol. The molecule has 0 aromatic heterocycles. The van der Waals surface area contributed by atoms with Crippen molar-refractivity contribution in [2.24, 2.45) is 10.4 Å². The van der Waals surface area contributed by atoms with Crippen LogP contribution in [0.1, 0.15) is 44.6 Å². The minimum Gasteiger partial charge on any atom is -0.385 e. The van der Waals surface area contributed by atoms with Gasteiger partial charge in [0.15, 0.2) is 5.96 Å².